The summed E-state index contributed by atoms with van der Waals surface area (Å²) in [5.41, 5.74) is 0.216. The zero-order valence-electron chi connectivity index (χ0n) is 10.2. The average molecular weight is 283 g/mol. The summed E-state index contributed by atoms with van der Waals surface area (Å²) < 4.78 is 25.6. The van der Waals surface area contributed by atoms with Crippen molar-refractivity contribution in [3.05, 3.63) is 42.0 Å². The molecule has 0 aliphatic rings. The molecule has 19 heavy (non-hydrogen) atoms. The van der Waals surface area contributed by atoms with Crippen LogP contribution in [0.2, 0.25) is 0 Å². The molecule has 0 saturated carbocycles. The average Bonchev–Trinajstić information content (AvgIpc) is 2.36. The molecule has 0 saturated heterocycles. The predicted octanol–water partition coefficient (Wildman–Crippen LogP) is 0.808. The number of hydrogen-bond acceptors (Lipinski definition) is 4. The van der Waals surface area contributed by atoms with Gasteiger partial charge >= 0.3 is 5.97 Å². The van der Waals surface area contributed by atoms with Gasteiger partial charge in [0.1, 0.15) is 0 Å². The topological polar surface area (TPSA) is 101 Å². The van der Waals surface area contributed by atoms with E-state index in [4.69, 9.17) is 5.11 Å². The molecule has 7 heteroatoms. The van der Waals surface area contributed by atoms with Crippen LogP contribution in [0.3, 0.4) is 0 Å². The minimum atomic E-state index is -3.55. The first-order chi connectivity index (χ1) is 8.86. The lowest BCUT2D eigenvalue weighted by atomic mass is 10.1. The van der Waals surface area contributed by atoms with E-state index in [1.807, 2.05) is 0 Å². The number of rotatable bonds is 6. The Bertz CT molecular complexity index is 602. The molecule has 0 atom stereocenters. The van der Waals surface area contributed by atoms with E-state index in [9.17, 15) is 18.0 Å². The van der Waals surface area contributed by atoms with Crippen molar-refractivity contribution >= 4 is 21.8 Å². The van der Waals surface area contributed by atoms with Crippen molar-refractivity contribution in [2.45, 2.75) is 11.8 Å². The summed E-state index contributed by atoms with van der Waals surface area (Å²) in [5, 5.41) is 8.39. The Labute approximate surface area is 110 Å². The molecule has 0 heterocycles. The maximum absolute atomic E-state index is 11.6. The SMILES string of the molecule is CCNS(=O)(=O)c1ccc(C(=O)/C=C/C(=O)O)cc1. The molecule has 0 spiro atoms. The molecule has 0 aromatic heterocycles. The van der Waals surface area contributed by atoms with Crippen molar-refractivity contribution in [1.82, 2.24) is 4.72 Å². The van der Waals surface area contributed by atoms with Crippen LogP contribution in [0, 0.1) is 0 Å². The smallest absolute Gasteiger partial charge is 0.328 e. The van der Waals surface area contributed by atoms with Gasteiger partial charge in [-0.2, -0.15) is 0 Å². The number of carboxylic acid groups (broad SMARTS) is 1. The maximum Gasteiger partial charge on any atom is 0.328 e. The summed E-state index contributed by atoms with van der Waals surface area (Å²) in [6, 6.07) is 5.25. The Kier molecular flexibility index (Phi) is 4.96. The first-order valence-corrected chi connectivity index (χ1v) is 6.90. The Morgan fingerprint density at radius 2 is 1.79 bits per heavy atom. The van der Waals surface area contributed by atoms with E-state index in [1.54, 1.807) is 6.92 Å². The van der Waals surface area contributed by atoms with Gasteiger partial charge < -0.3 is 5.11 Å². The fraction of sp³-hybridized carbons (Fsp3) is 0.167. The molecule has 102 valence electrons. The quantitative estimate of drug-likeness (QED) is 0.594. The van der Waals surface area contributed by atoms with Crippen LogP contribution in [0.25, 0.3) is 0 Å². The second-order valence-corrected chi connectivity index (χ2v) is 5.33. The van der Waals surface area contributed by atoms with Gasteiger partial charge in [-0.25, -0.2) is 17.9 Å². The van der Waals surface area contributed by atoms with E-state index in [0.717, 1.165) is 12.2 Å². The number of sulfonamides is 1. The first kappa shape index (κ1) is 15.1. The lowest BCUT2D eigenvalue weighted by Crippen LogP contribution is -2.23. The highest BCUT2D eigenvalue weighted by molar-refractivity contribution is 7.89. The number of ketones is 1. The van der Waals surface area contributed by atoms with Crippen LogP contribution in [0.4, 0.5) is 0 Å². The number of hydrogen-bond donors (Lipinski definition) is 2. The molecular weight excluding hydrogens is 270 g/mol. The van der Waals surface area contributed by atoms with Crippen molar-refractivity contribution in [2.75, 3.05) is 6.54 Å². The second-order valence-electron chi connectivity index (χ2n) is 3.56. The third-order valence-electron chi connectivity index (χ3n) is 2.16. The standard InChI is InChI=1S/C12H13NO5S/c1-2-13-19(17,18)10-5-3-9(4-6-10)11(14)7-8-12(15)16/h3-8,13H,2H2,1H3,(H,15,16)/b8-7+. The van der Waals surface area contributed by atoms with Crippen LogP contribution in [-0.2, 0) is 14.8 Å². The zero-order chi connectivity index (χ0) is 14.5. The number of benzene rings is 1. The number of carboxylic acids is 1. The molecule has 0 aliphatic carbocycles. The van der Waals surface area contributed by atoms with Crippen molar-refractivity contribution in [3.63, 3.8) is 0 Å². The second kappa shape index (κ2) is 6.26. The first-order valence-electron chi connectivity index (χ1n) is 5.42. The van der Waals surface area contributed by atoms with Crippen LogP contribution in [0.1, 0.15) is 17.3 Å². The summed E-state index contributed by atoms with van der Waals surface area (Å²) in [5.74, 6) is -1.73. The molecule has 0 radical (unpaired) electrons. The Balaban J connectivity index is 2.94. The van der Waals surface area contributed by atoms with Crippen LogP contribution >= 0.6 is 0 Å². The zero-order valence-corrected chi connectivity index (χ0v) is 11.0. The molecule has 1 rings (SSSR count). The van der Waals surface area contributed by atoms with Gasteiger partial charge in [0.05, 0.1) is 4.90 Å². The number of allylic oxidation sites excluding steroid dienone is 1. The number of carbonyl (C=O) groups excluding carboxylic acids is 1. The van der Waals surface area contributed by atoms with Crippen LogP contribution in [-0.4, -0.2) is 31.8 Å². The highest BCUT2D eigenvalue weighted by Crippen LogP contribution is 2.11. The van der Waals surface area contributed by atoms with Gasteiger partial charge in [0, 0.05) is 18.2 Å². The van der Waals surface area contributed by atoms with E-state index in [1.165, 1.54) is 24.3 Å². The molecular formula is C12H13NO5S. The normalized spacial score (nSPS) is 11.6. The predicted molar refractivity (Wildman–Crippen MR) is 68.4 cm³/mol. The molecule has 0 aliphatic heterocycles. The third kappa shape index (κ3) is 4.31. The van der Waals surface area contributed by atoms with Crippen molar-refractivity contribution in [3.8, 4) is 0 Å². The van der Waals surface area contributed by atoms with Gasteiger partial charge in [-0.3, -0.25) is 4.79 Å². The summed E-state index contributed by atoms with van der Waals surface area (Å²) in [6.45, 7) is 1.93. The van der Waals surface area contributed by atoms with Crippen molar-refractivity contribution in [1.29, 1.82) is 0 Å². The lowest BCUT2D eigenvalue weighted by molar-refractivity contribution is -0.131. The molecule has 2 N–H and O–H groups in total. The van der Waals surface area contributed by atoms with E-state index in [0.29, 0.717) is 0 Å². The van der Waals surface area contributed by atoms with E-state index in [-0.39, 0.29) is 17.0 Å². The molecule has 1 aromatic rings. The molecule has 6 nitrogen and oxygen atoms in total. The van der Waals surface area contributed by atoms with Gasteiger partial charge in [-0.1, -0.05) is 6.92 Å². The summed E-state index contributed by atoms with van der Waals surface area (Å²) in [4.78, 5) is 21.8. The Morgan fingerprint density at radius 3 is 2.26 bits per heavy atom. The van der Waals surface area contributed by atoms with Crippen LogP contribution in [0.15, 0.2) is 41.3 Å². The largest absolute Gasteiger partial charge is 0.478 e. The molecule has 0 fully saturated rings. The van der Waals surface area contributed by atoms with Gasteiger partial charge in [0.15, 0.2) is 5.78 Å². The van der Waals surface area contributed by atoms with Crippen LogP contribution < -0.4 is 4.72 Å². The summed E-state index contributed by atoms with van der Waals surface area (Å²) in [6.07, 6.45) is 1.64. The van der Waals surface area contributed by atoms with Gasteiger partial charge in [0.25, 0.3) is 0 Å². The summed E-state index contributed by atoms with van der Waals surface area (Å²) >= 11 is 0. The van der Waals surface area contributed by atoms with Crippen LogP contribution in [0.5, 0.6) is 0 Å². The highest BCUT2D eigenvalue weighted by Gasteiger charge is 2.12. The van der Waals surface area contributed by atoms with E-state index >= 15 is 0 Å². The highest BCUT2D eigenvalue weighted by atomic mass is 32.2. The molecule has 0 unspecified atom stereocenters. The minimum Gasteiger partial charge on any atom is -0.478 e. The van der Waals surface area contributed by atoms with E-state index < -0.39 is 21.8 Å². The lowest BCUT2D eigenvalue weighted by Gasteiger charge is -2.04. The molecule has 1 aromatic carbocycles. The van der Waals surface area contributed by atoms with Crippen molar-refractivity contribution < 1.29 is 23.1 Å². The fourth-order valence-corrected chi connectivity index (χ4v) is 2.36. The van der Waals surface area contributed by atoms with E-state index in [2.05, 4.69) is 4.72 Å². The van der Waals surface area contributed by atoms with Gasteiger partial charge in [-0.05, 0) is 30.3 Å². The Morgan fingerprint density at radius 1 is 1.21 bits per heavy atom. The molecule has 0 amide bonds. The van der Waals surface area contributed by atoms with Gasteiger partial charge in [-0.15, -0.1) is 0 Å². The van der Waals surface area contributed by atoms with Gasteiger partial charge in [0.2, 0.25) is 10.0 Å². The fourth-order valence-electron chi connectivity index (χ4n) is 1.31. The maximum atomic E-state index is 11.6. The number of nitrogens with one attached hydrogen (secondary N) is 1. The Hall–Kier alpha value is -1.99. The third-order valence-corrected chi connectivity index (χ3v) is 3.72. The minimum absolute atomic E-state index is 0.0492. The van der Waals surface area contributed by atoms with Crippen molar-refractivity contribution in [2.24, 2.45) is 0 Å². The number of carbonyl (C=O) groups is 2. The number of aliphatic carboxylic acids is 1. The summed E-state index contributed by atoms with van der Waals surface area (Å²) in [7, 11) is -3.55. The molecule has 0 bridgehead atoms. The monoisotopic (exact) mass is 283 g/mol.